The van der Waals surface area contributed by atoms with Gasteiger partial charge in [0.05, 0.1) is 5.60 Å². The van der Waals surface area contributed by atoms with Crippen molar-refractivity contribution in [2.45, 2.75) is 70.3 Å². The minimum atomic E-state index is -0.399. The van der Waals surface area contributed by atoms with E-state index in [1.807, 2.05) is 0 Å². The molecule has 0 aromatic heterocycles. The lowest BCUT2D eigenvalue weighted by atomic mass is 9.78. The van der Waals surface area contributed by atoms with Gasteiger partial charge >= 0.3 is 0 Å². The lowest BCUT2D eigenvalue weighted by molar-refractivity contribution is -0.00905. The first kappa shape index (κ1) is 13.4. The van der Waals surface area contributed by atoms with E-state index >= 15 is 0 Å². The van der Waals surface area contributed by atoms with Crippen LogP contribution in [0.15, 0.2) is 0 Å². The maximum atomic E-state index is 10.5. The summed E-state index contributed by atoms with van der Waals surface area (Å²) >= 11 is 0. The van der Waals surface area contributed by atoms with Crippen LogP contribution < -0.4 is 5.32 Å². The predicted molar refractivity (Wildman–Crippen MR) is 72.0 cm³/mol. The van der Waals surface area contributed by atoms with Gasteiger partial charge in [0.1, 0.15) is 0 Å². The second-order valence-electron chi connectivity index (χ2n) is 6.36. The van der Waals surface area contributed by atoms with Crippen LogP contribution in [0.4, 0.5) is 0 Å². The van der Waals surface area contributed by atoms with E-state index in [1.54, 1.807) is 0 Å². The quantitative estimate of drug-likeness (QED) is 0.772. The van der Waals surface area contributed by atoms with Gasteiger partial charge in [0.15, 0.2) is 0 Å². The number of hydrogen-bond acceptors (Lipinski definition) is 2. The van der Waals surface area contributed by atoms with Crippen molar-refractivity contribution < 1.29 is 5.11 Å². The lowest BCUT2D eigenvalue weighted by Gasteiger charge is -2.36. The van der Waals surface area contributed by atoms with Gasteiger partial charge in [-0.15, -0.1) is 0 Å². The molecule has 0 atom stereocenters. The average Bonchev–Trinajstić information content (AvgIpc) is 2.83. The van der Waals surface area contributed by atoms with E-state index in [4.69, 9.17) is 0 Å². The van der Waals surface area contributed by atoms with Crippen molar-refractivity contribution in [3.63, 3.8) is 0 Å². The number of nitrogens with one attached hydrogen (secondary N) is 1. The zero-order valence-electron chi connectivity index (χ0n) is 11.4. The second kappa shape index (κ2) is 6.19. The second-order valence-corrected chi connectivity index (χ2v) is 6.36. The summed E-state index contributed by atoms with van der Waals surface area (Å²) in [6.45, 7) is 4.22. The topological polar surface area (TPSA) is 32.3 Å². The van der Waals surface area contributed by atoms with Crippen LogP contribution in [0.3, 0.4) is 0 Å². The molecule has 2 aliphatic carbocycles. The van der Waals surface area contributed by atoms with Crippen molar-refractivity contribution in [1.82, 2.24) is 5.32 Å². The van der Waals surface area contributed by atoms with Crippen molar-refractivity contribution in [3.05, 3.63) is 0 Å². The molecule has 2 saturated carbocycles. The van der Waals surface area contributed by atoms with E-state index in [1.165, 1.54) is 44.9 Å². The molecule has 2 nitrogen and oxygen atoms in total. The zero-order chi connectivity index (χ0) is 12.1. The Hall–Kier alpha value is -0.0800. The van der Waals surface area contributed by atoms with Crippen molar-refractivity contribution in [2.75, 3.05) is 13.1 Å². The van der Waals surface area contributed by atoms with Crippen LogP contribution in [0, 0.1) is 11.8 Å². The molecule has 17 heavy (non-hydrogen) atoms. The molecule has 0 heterocycles. The fourth-order valence-corrected chi connectivity index (χ4v) is 3.52. The van der Waals surface area contributed by atoms with E-state index in [0.29, 0.717) is 0 Å². The standard InChI is InChI=1S/C15H29NO/c1-2-13-7-9-15(17,10-8-13)12-16-11-14-5-3-4-6-14/h13-14,16-17H,2-12H2,1H3. The predicted octanol–water partition coefficient (Wildman–Crippen LogP) is 3.10. The van der Waals surface area contributed by atoms with Crippen molar-refractivity contribution in [1.29, 1.82) is 0 Å². The molecule has 0 saturated heterocycles. The Morgan fingerprint density at radius 2 is 1.71 bits per heavy atom. The van der Waals surface area contributed by atoms with Gasteiger partial charge in [0.2, 0.25) is 0 Å². The molecule has 0 spiro atoms. The summed E-state index contributed by atoms with van der Waals surface area (Å²) in [5.74, 6) is 1.75. The first-order valence-corrected chi connectivity index (χ1v) is 7.65. The van der Waals surface area contributed by atoms with Gasteiger partial charge in [0, 0.05) is 6.54 Å². The first-order chi connectivity index (χ1) is 8.22. The molecule has 2 N–H and O–H groups in total. The highest BCUT2D eigenvalue weighted by molar-refractivity contribution is 4.87. The van der Waals surface area contributed by atoms with Gasteiger partial charge in [-0.1, -0.05) is 26.2 Å². The molecule has 2 fully saturated rings. The van der Waals surface area contributed by atoms with E-state index in [-0.39, 0.29) is 0 Å². The van der Waals surface area contributed by atoms with Gasteiger partial charge in [-0.3, -0.25) is 0 Å². The molecular formula is C15H29NO. The van der Waals surface area contributed by atoms with Crippen molar-refractivity contribution >= 4 is 0 Å². The monoisotopic (exact) mass is 239 g/mol. The molecule has 2 aliphatic rings. The minimum Gasteiger partial charge on any atom is -0.389 e. The highest BCUT2D eigenvalue weighted by Gasteiger charge is 2.32. The maximum Gasteiger partial charge on any atom is 0.0771 e. The lowest BCUT2D eigenvalue weighted by Crippen LogP contribution is -2.44. The fraction of sp³-hybridized carbons (Fsp3) is 1.00. The molecule has 0 amide bonds. The third-order valence-corrected chi connectivity index (χ3v) is 4.98. The van der Waals surface area contributed by atoms with Gasteiger partial charge in [-0.25, -0.2) is 0 Å². The normalized spacial score (nSPS) is 35.3. The largest absolute Gasteiger partial charge is 0.389 e. The van der Waals surface area contributed by atoms with Gasteiger partial charge in [-0.05, 0) is 56.9 Å². The molecular weight excluding hydrogens is 210 g/mol. The Labute approximate surface area is 106 Å². The molecule has 0 bridgehead atoms. The average molecular weight is 239 g/mol. The first-order valence-electron chi connectivity index (χ1n) is 7.65. The Morgan fingerprint density at radius 1 is 1.06 bits per heavy atom. The summed E-state index contributed by atoms with van der Waals surface area (Å²) in [4.78, 5) is 0. The molecule has 0 aliphatic heterocycles. The molecule has 2 heteroatoms. The SMILES string of the molecule is CCC1CCC(O)(CNCC2CCCC2)CC1. The van der Waals surface area contributed by atoms with E-state index in [9.17, 15) is 5.11 Å². The summed E-state index contributed by atoms with van der Waals surface area (Å²) in [5, 5.41) is 14.0. The Kier molecular flexibility index (Phi) is 4.87. The van der Waals surface area contributed by atoms with E-state index < -0.39 is 5.60 Å². The minimum absolute atomic E-state index is 0.399. The van der Waals surface area contributed by atoms with Crippen LogP contribution in [0.5, 0.6) is 0 Å². The van der Waals surface area contributed by atoms with E-state index in [0.717, 1.165) is 37.8 Å². The smallest absolute Gasteiger partial charge is 0.0771 e. The van der Waals surface area contributed by atoms with Gasteiger partial charge in [-0.2, -0.15) is 0 Å². The summed E-state index contributed by atoms with van der Waals surface area (Å²) < 4.78 is 0. The van der Waals surface area contributed by atoms with Gasteiger partial charge in [0.25, 0.3) is 0 Å². The summed E-state index contributed by atoms with van der Waals surface area (Å²) in [5.41, 5.74) is -0.399. The Bertz CT molecular complexity index is 215. The third-order valence-electron chi connectivity index (χ3n) is 4.98. The summed E-state index contributed by atoms with van der Waals surface area (Å²) in [6.07, 6.45) is 11.3. The van der Waals surface area contributed by atoms with Crippen molar-refractivity contribution in [3.8, 4) is 0 Å². The number of aliphatic hydroxyl groups is 1. The molecule has 0 aromatic carbocycles. The summed E-state index contributed by atoms with van der Waals surface area (Å²) in [6, 6.07) is 0. The van der Waals surface area contributed by atoms with Crippen LogP contribution >= 0.6 is 0 Å². The number of hydrogen-bond donors (Lipinski definition) is 2. The Morgan fingerprint density at radius 3 is 2.29 bits per heavy atom. The Balaban J connectivity index is 1.64. The van der Waals surface area contributed by atoms with Gasteiger partial charge < -0.3 is 10.4 Å². The molecule has 2 rings (SSSR count). The van der Waals surface area contributed by atoms with Crippen LogP contribution in [-0.4, -0.2) is 23.8 Å². The van der Waals surface area contributed by atoms with Crippen LogP contribution in [0.2, 0.25) is 0 Å². The molecule has 0 unspecified atom stereocenters. The van der Waals surface area contributed by atoms with Crippen LogP contribution in [0.1, 0.15) is 64.7 Å². The van der Waals surface area contributed by atoms with Crippen LogP contribution in [0.25, 0.3) is 0 Å². The molecule has 0 aromatic rings. The fourth-order valence-electron chi connectivity index (χ4n) is 3.52. The number of rotatable bonds is 5. The molecule has 100 valence electrons. The highest BCUT2D eigenvalue weighted by atomic mass is 16.3. The maximum absolute atomic E-state index is 10.5. The summed E-state index contributed by atoms with van der Waals surface area (Å²) in [7, 11) is 0. The van der Waals surface area contributed by atoms with Crippen molar-refractivity contribution in [2.24, 2.45) is 11.8 Å². The van der Waals surface area contributed by atoms with Crippen LogP contribution in [-0.2, 0) is 0 Å². The third kappa shape index (κ3) is 3.96. The highest BCUT2D eigenvalue weighted by Crippen LogP contribution is 2.33. The molecule has 0 radical (unpaired) electrons. The van der Waals surface area contributed by atoms with E-state index in [2.05, 4.69) is 12.2 Å². The zero-order valence-corrected chi connectivity index (χ0v) is 11.4.